The fourth-order valence-electron chi connectivity index (χ4n) is 1.33. The van der Waals surface area contributed by atoms with Crippen LogP contribution >= 0.6 is 0 Å². The van der Waals surface area contributed by atoms with Gasteiger partial charge in [0.05, 0.1) is 6.61 Å². The van der Waals surface area contributed by atoms with Crippen molar-refractivity contribution in [2.24, 2.45) is 0 Å². The van der Waals surface area contributed by atoms with Gasteiger partial charge in [0.25, 0.3) is 0 Å². The minimum Gasteiger partial charge on any atom is -0.392 e. The highest BCUT2D eigenvalue weighted by molar-refractivity contribution is 5.26. The number of rotatable bonds is 3. The minimum atomic E-state index is 0.128. The van der Waals surface area contributed by atoms with Crippen LogP contribution in [-0.2, 0) is 0 Å². The Hall–Kier alpha value is -1.08. The molecule has 13 heavy (non-hydrogen) atoms. The molecular weight excluding hydrogens is 160 g/mol. The highest BCUT2D eigenvalue weighted by Crippen LogP contribution is 2.22. The summed E-state index contributed by atoms with van der Waals surface area (Å²) in [7, 11) is 0. The summed E-state index contributed by atoms with van der Waals surface area (Å²) in [5, 5.41) is 8.76. The normalized spacial score (nSPS) is 14.2. The van der Waals surface area contributed by atoms with Crippen LogP contribution in [0.3, 0.4) is 0 Å². The van der Waals surface area contributed by atoms with Crippen LogP contribution in [0, 0.1) is 0 Å². The number of benzene rings is 1. The number of hydrogen-bond acceptors (Lipinski definition) is 1. The molecular formula is C12H16O. The van der Waals surface area contributed by atoms with E-state index in [1.807, 2.05) is 31.2 Å². The highest BCUT2D eigenvalue weighted by atomic mass is 16.2. The quantitative estimate of drug-likeness (QED) is 0.702. The standard InChI is InChI=1S/C12H16O/c1-10(8-9-13)11(2)12-6-4-3-5-7-12/h3-8,11,13H,9H2,1-2H3/b10-8+/t11-/m0/s1. The van der Waals surface area contributed by atoms with Gasteiger partial charge in [-0.1, -0.05) is 48.9 Å². The van der Waals surface area contributed by atoms with Crippen LogP contribution < -0.4 is 0 Å². The smallest absolute Gasteiger partial charge is 0.0615 e. The molecule has 1 heteroatoms. The second-order valence-electron chi connectivity index (χ2n) is 3.26. The van der Waals surface area contributed by atoms with Gasteiger partial charge in [-0.2, -0.15) is 0 Å². The maximum absolute atomic E-state index is 8.76. The highest BCUT2D eigenvalue weighted by Gasteiger charge is 2.05. The minimum absolute atomic E-state index is 0.128. The molecule has 0 spiro atoms. The van der Waals surface area contributed by atoms with Gasteiger partial charge in [-0.3, -0.25) is 0 Å². The zero-order valence-electron chi connectivity index (χ0n) is 8.20. The lowest BCUT2D eigenvalue weighted by Crippen LogP contribution is -1.95. The fourth-order valence-corrected chi connectivity index (χ4v) is 1.33. The molecule has 1 aromatic rings. The average molecular weight is 176 g/mol. The van der Waals surface area contributed by atoms with Crippen molar-refractivity contribution in [3.63, 3.8) is 0 Å². The van der Waals surface area contributed by atoms with E-state index in [1.165, 1.54) is 11.1 Å². The summed E-state index contributed by atoms with van der Waals surface area (Å²) < 4.78 is 0. The first-order valence-corrected chi connectivity index (χ1v) is 4.58. The van der Waals surface area contributed by atoms with Crippen LogP contribution in [0.25, 0.3) is 0 Å². The van der Waals surface area contributed by atoms with E-state index < -0.39 is 0 Å². The van der Waals surface area contributed by atoms with E-state index in [4.69, 9.17) is 5.11 Å². The Bertz CT molecular complexity index is 274. The molecule has 0 amide bonds. The third-order valence-electron chi connectivity index (χ3n) is 2.40. The summed E-state index contributed by atoms with van der Waals surface area (Å²) in [6, 6.07) is 10.3. The number of hydrogen-bond donors (Lipinski definition) is 1. The van der Waals surface area contributed by atoms with Crippen LogP contribution in [0.4, 0.5) is 0 Å². The zero-order chi connectivity index (χ0) is 9.68. The Morgan fingerprint density at radius 1 is 1.38 bits per heavy atom. The largest absolute Gasteiger partial charge is 0.392 e. The van der Waals surface area contributed by atoms with Crippen LogP contribution in [0.5, 0.6) is 0 Å². The third-order valence-corrected chi connectivity index (χ3v) is 2.40. The van der Waals surface area contributed by atoms with Gasteiger partial charge in [0, 0.05) is 5.92 Å². The van der Waals surface area contributed by atoms with Crippen molar-refractivity contribution in [2.45, 2.75) is 19.8 Å². The third kappa shape index (κ3) is 2.71. The lowest BCUT2D eigenvalue weighted by Gasteiger charge is -2.12. The van der Waals surface area contributed by atoms with Crippen molar-refractivity contribution >= 4 is 0 Å². The van der Waals surface area contributed by atoms with E-state index in [1.54, 1.807) is 0 Å². The maximum Gasteiger partial charge on any atom is 0.0615 e. The average Bonchev–Trinajstić information content (AvgIpc) is 2.18. The van der Waals surface area contributed by atoms with Gasteiger partial charge in [-0.25, -0.2) is 0 Å². The van der Waals surface area contributed by atoms with E-state index >= 15 is 0 Å². The van der Waals surface area contributed by atoms with Crippen LogP contribution in [-0.4, -0.2) is 11.7 Å². The molecule has 1 atom stereocenters. The van der Waals surface area contributed by atoms with Gasteiger partial charge in [0.15, 0.2) is 0 Å². The predicted molar refractivity (Wildman–Crippen MR) is 55.7 cm³/mol. The van der Waals surface area contributed by atoms with E-state index in [0.717, 1.165) is 0 Å². The van der Waals surface area contributed by atoms with E-state index in [2.05, 4.69) is 19.1 Å². The van der Waals surface area contributed by atoms with Crippen LogP contribution in [0.2, 0.25) is 0 Å². The lowest BCUT2D eigenvalue weighted by atomic mass is 9.94. The Balaban J connectivity index is 2.79. The van der Waals surface area contributed by atoms with Gasteiger partial charge >= 0.3 is 0 Å². The SMILES string of the molecule is C/C(=C\CO)[C@H](C)c1ccccc1. The molecule has 0 aromatic heterocycles. The van der Waals surface area contributed by atoms with Crippen molar-refractivity contribution in [1.82, 2.24) is 0 Å². The molecule has 0 saturated heterocycles. The van der Waals surface area contributed by atoms with Gasteiger partial charge in [0.2, 0.25) is 0 Å². The first-order chi connectivity index (χ1) is 6.25. The van der Waals surface area contributed by atoms with Crippen molar-refractivity contribution in [3.05, 3.63) is 47.5 Å². The second-order valence-corrected chi connectivity index (χ2v) is 3.26. The molecule has 0 radical (unpaired) electrons. The van der Waals surface area contributed by atoms with E-state index in [9.17, 15) is 0 Å². The van der Waals surface area contributed by atoms with Crippen LogP contribution in [0.15, 0.2) is 42.0 Å². The number of aliphatic hydroxyl groups excluding tert-OH is 1. The molecule has 0 heterocycles. The molecule has 0 bridgehead atoms. The Labute approximate surface area is 79.7 Å². The van der Waals surface area contributed by atoms with Crippen molar-refractivity contribution in [2.75, 3.05) is 6.61 Å². The molecule has 0 aliphatic heterocycles. The summed E-state index contributed by atoms with van der Waals surface area (Å²) in [6.45, 7) is 4.33. The summed E-state index contributed by atoms with van der Waals surface area (Å²) in [6.07, 6.45) is 1.86. The molecule has 1 rings (SSSR count). The van der Waals surface area contributed by atoms with Crippen molar-refractivity contribution < 1.29 is 5.11 Å². The first-order valence-electron chi connectivity index (χ1n) is 4.58. The van der Waals surface area contributed by atoms with Crippen LogP contribution in [0.1, 0.15) is 25.3 Å². The molecule has 0 saturated carbocycles. The van der Waals surface area contributed by atoms with Gasteiger partial charge in [-0.15, -0.1) is 0 Å². The molecule has 1 N–H and O–H groups in total. The lowest BCUT2D eigenvalue weighted by molar-refractivity contribution is 0.341. The molecule has 0 aliphatic rings. The summed E-state index contributed by atoms with van der Waals surface area (Å²) >= 11 is 0. The Kier molecular flexibility index (Phi) is 3.71. The first kappa shape index (κ1) is 10.0. The summed E-state index contributed by atoms with van der Waals surface area (Å²) in [5.74, 6) is 0.397. The Morgan fingerprint density at radius 3 is 2.54 bits per heavy atom. The topological polar surface area (TPSA) is 20.2 Å². The molecule has 0 fully saturated rings. The molecule has 0 aliphatic carbocycles. The molecule has 0 unspecified atom stereocenters. The molecule has 1 nitrogen and oxygen atoms in total. The van der Waals surface area contributed by atoms with Crippen molar-refractivity contribution in [1.29, 1.82) is 0 Å². The zero-order valence-corrected chi connectivity index (χ0v) is 8.20. The van der Waals surface area contributed by atoms with Gasteiger partial charge in [0.1, 0.15) is 0 Å². The number of allylic oxidation sites excluding steroid dienone is 1. The van der Waals surface area contributed by atoms with E-state index in [-0.39, 0.29) is 6.61 Å². The summed E-state index contributed by atoms with van der Waals surface area (Å²) in [4.78, 5) is 0. The maximum atomic E-state index is 8.76. The number of aliphatic hydroxyl groups is 1. The molecule has 70 valence electrons. The van der Waals surface area contributed by atoms with Gasteiger partial charge < -0.3 is 5.11 Å². The fraction of sp³-hybridized carbons (Fsp3) is 0.333. The molecule has 1 aromatic carbocycles. The second kappa shape index (κ2) is 4.83. The predicted octanol–water partition coefficient (Wildman–Crippen LogP) is 2.73. The van der Waals surface area contributed by atoms with Crippen molar-refractivity contribution in [3.8, 4) is 0 Å². The summed E-state index contributed by atoms with van der Waals surface area (Å²) in [5.41, 5.74) is 2.51. The van der Waals surface area contributed by atoms with E-state index in [0.29, 0.717) is 5.92 Å². The van der Waals surface area contributed by atoms with Gasteiger partial charge in [-0.05, 0) is 12.5 Å². The Morgan fingerprint density at radius 2 is 2.00 bits per heavy atom. The monoisotopic (exact) mass is 176 g/mol.